The molecule has 1 fully saturated rings. The van der Waals surface area contributed by atoms with Crippen molar-refractivity contribution in [1.29, 1.82) is 0 Å². The van der Waals surface area contributed by atoms with Crippen LogP contribution in [-0.2, 0) is 4.79 Å². The molecule has 17 heavy (non-hydrogen) atoms. The van der Waals surface area contributed by atoms with Gasteiger partial charge in [0.25, 0.3) is 5.91 Å². The maximum atomic E-state index is 11.9. The van der Waals surface area contributed by atoms with Crippen molar-refractivity contribution in [2.75, 3.05) is 6.61 Å². The van der Waals surface area contributed by atoms with Crippen molar-refractivity contribution in [3.8, 4) is 0 Å². The van der Waals surface area contributed by atoms with Gasteiger partial charge in [-0.05, 0) is 44.9 Å². The first-order chi connectivity index (χ1) is 7.99. The maximum absolute atomic E-state index is 11.9. The molecule has 0 aliphatic heterocycles. The van der Waals surface area contributed by atoms with E-state index in [9.17, 15) is 9.90 Å². The molecule has 4 nitrogen and oxygen atoms in total. The van der Waals surface area contributed by atoms with Crippen LogP contribution < -0.4 is 5.32 Å². The normalized spacial score (nSPS) is 28.5. The van der Waals surface area contributed by atoms with E-state index in [1.807, 2.05) is 6.92 Å². The number of rotatable bonds is 5. The summed E-state index contributed by atoms with van der Waals surface area (Å²) < 4.78 is 0. The molecule has 1 aliphatic carbocycles. The van der Waals surface area contributed by atoms with Gasteiger partial charge in [-0.3, -0.25) is 4.79 Å². The Labute approximate surface area is 103 Å². The Morgan fingerprint density at radius 1 is 1.35 bits per heavy atom. The molecule has 0 spiro atoms. The number of aliphatic hydroxyl groups excluding tert-OH is 1. The monoisotopic (exact) mass is 243 g/mol. The summed E-state index contributed by atoms with van der Waals surface area (Å²) in [7, 11) is 0. The predicted molar refractivity (Wildman–Crippen MR) is 66.5 cm³/mol. The van der Waals surface area contributed by atoms with E-state index in [-0.39, 0.29) is 18.6 Å². The molecule has 1 rings (SSSR count). The fraction of sp³-hybridized carbons (Fsp3) is 0.923. The molecular formula is C13H25NO3. The molecule has 1 amide bonds. The Balaban J connectivity index is 2.37. The van der Waals surface area contributed by atoms with Crippen molar-refractivity contribution in [1.82, 2.24) is 5.32 Å². The zero-order valence-electron chi connectivity index (χ0n) is 10.9. The van der Waals surface area contributed by atoms with Gasteiger partial charge in [0, 0.05) is 12.6 Å². The first kappa shape index (κ1) is 14.5. The number of carbonyl (C=O) groups is 1. The molecule has 0 radical (unpaired) electrons. The molecule has 1 aliphatic rings. The third-order valence-electron chi connectivity index (χ3n) is 3.67. The molecule has 0 bridgehead atoms. The Morgan fingerprint density at radius 2 is 1.94 bits per heavy atom. The molecular weight excluding hydrogens is 218 g/mol. The van der Waals surface area contributed by atoms with E-state index in [4.69, 9.17) is 5.11 Å². The molecule has 1 atom stereocenters. The van der Waals surface area contributed by atoms with E-state index in [1.54, 1.807) is 6.92 Å². The zero-order chi connectivity index (χ0) is 12.9. The largest absolute Gasteiger partial charge is 0.396 e. The van der Waals surface area contributed by atoms with E-state index in [2.05, 4.69) is 5.32 Å². The average molecular weight is 243 g/mol. The molecule has 1 unspecified atom stereocenters. The highest BCUT2D eigenvalue weighted by atomic mass is 16.3. The van der Waals surface area contributed by atoms with Gasteiger partial charge in [0.05, 0.1) is 0 Å². The van der Waals surface area contributed by atoms with Crippen molar-refractivity contribution < 1.29 is 15.0 Å². The first-order valence-corrected chi connectivity index (χ1v) is 6.63. The summed E-state index contributed by atoms with van der Waals surface area (Å²) in [5.41, 5.74) is -1.25. The van der Waals surface area contributed by atoms with Crippen molar-refractivity contribution >= 4 is 5.91 Å². The van der Waals surface area contributed by atoms with Crippen LogP contribution in [0.3, 0.4) is 0 Å². The van der Waals surface area contributed by atoms with E-state index in [1.165, 1.54) is 0 Å². The van der Waals surface area contributed by atoms with Crippen LogP contribution in [0, 0.1) is 5.92 Å². The number of hydrogen-bond acceptors (Lipinski definition) is 3. The number of amides is 1. The highest BCUT2D eigenvalue weighted by Crippen LogP contribution is 2.24. The number of hydrogen-bond donors (Lipinski definition) is 3. The van der Waals surface area contributed by atoms with Gasteiger partial charge < -0.3 is 15.5 Å². The first-order valence-electron chi connectivity index (χ1n) is 6.63. The molecule has 3 N–H and O–H groups in total. The van der Waals surface area contributed by atoms with Crippen LogP contribution >= 0.6 is 0 Å². The van der Waals surface area contributed by atoms with E-state index in [0.29, 0.717) is 12.3 Å². The Bertz CT molecular complexity index is 245. The molecule has 0 aromatic rings. The highest BCUT2D eigenvalue weighted by Gasteiger charge is 2.31. The van der Waals surface area contributed by atoms with Crippen molar-refractivity contribution in [3.05, 3.63) is 0 Å². The van der Waals surface area contributed by atoms with Crippen molar-refractivity contribution in [3.63, 3.8) is 0 Å². The fourth-order valence-corrected chi connectivity index (χ4v) is 2.43. The second-order valence-corrected chi connectivity index (χ2v) is 5.40. The minimum Gasteiger partial charge on any atom is -0.396 e. The zero-order valence-corrected chi connectivity index (χ0v) is 10.9. The Kier molecular flexibility index (Phi) is 5.40. The van der Waals surface area contributed by atoms with Gasteiger partial charge in [0.2, 0.25) is 0 Å². The summed E-state index contributed by atoms with van der Waals surface area (Å²) in [6.07, 6.45) is 5.00. The minimum atomic E-state index is -1.25. The fourth-order valence-electron chi connectivity index (χ4n) is 2.43. The molecule has 0 heterocycles. The smallest absolute Gasteiger partial charge is 0.251 e. The molecule has 0 aromatic heterocycles. The molecule has 0 aromatic carbocycles. The number of carbonyl (C=O) groups excluding carboxylic acids is 1. The predicted octanol–water partition coefficient (Wildman–Crippen LogP) is 1.20. The van der Waals surface area contributed by atoms with Crippen molar-refractivity contribution in [2.24, 2.45) is 5.92 Å². The summed E-state index contributed by atoms with van der Waals surface area (Å²) in [6.45, 7) is 3.77. The van der Waals surface area contributed by atoms with E-state index < -0.39 is 5.60 Å². The molecule has 100 valence electrons. The van der Waals surface area contributed by atoms with Gasteiger partial charge in [-0.1, -0.05) is 13.3 Å². The van der Waals surface area contributed by atoms with E-state index >= 15 is 0 Å². The summed E-state index contributed by atoms with van der Waals surface area (Å²) >= 11 is 0. The third-order valence-corrected chi connectivity index (χ3v) is 3.67. The second-order valence-electron chi connectivity index (χ2n) is 5.40. The topological polar surface area (TPSA) is 69.6 Å². The minimum absolute atomic E-state index is 0.161. The van der Waals surface area contributed by atoms with Crippen LogP contribution in [0.15, 0.2) is 0 Å². The van der Waals surface area contributed by atoms with Gasteiger partial charge >= 0.3 is 0 Å². The summed E-state index contributed by atoms with van der Waals surface area (Å²) in [6, 6.07) is 0.161. The van der Waals surface area contributed by atoms with Gasteiger partial charge in [0.15, 0.2) is 0 Å². The van der Waals surface area contributed by atoms with Gasteiger partial charge in [-0.15, -0.1) is 0 Å². The standard InChI is InChI=1S/C13H25NO3/c1-3-8-13(2,17)12(16)14-11-6-4-10(9-15)5-7-11/h10-11,15,17H,3-9H2,1-2H3,(H,14,16). The maximum Gasteiger partial charge on any atom is 0.251 e. The number of nitrogens with one attached hydrogen (secondary N) is 1. The highest BCUT2D eigenvalue weighted by molar-refractivity contribution is 5.84. The SMILES string of the molecule is CCCC(C)(O)C(=O)NC1CCC(CO)CC1. The summed E-state index contributed by atoms with van der Waals surface area (Å²) in [5.74, 6) is 0.131. The van der Waals surface area contributed by atoms with Gasteiger partial charge in [0.1, 0.15) is 5.60 Å². The lowest BCUT2D eigenvalue weighted by atomic mass is 9.86. The average Bonchev–Trinajstić information content (AvgIpc) is 2.30. The third kappa shape index (κ3) is 4.28. The Morgan fingerprint density at radius 3 is 2.41 bits per heavy atom. The molecule has 0 saturated heterocycles. The van der Waals surface area contributed by atoms with Gasteiger partial charge in [-0.2, -0.15) is 0 Å². The van der Waals surface area contributed by atoms with Gasteiger partial charge in [-0.25, -0.2) is 0 Å². The van der Waals surface area contributed by atoms with Crippen LogP contribution in [0.25, 0.3) is 0 Å². The van der Waals surface area contributed by atoms with Crippen LogP contribution in [0.5, 0.6) is 0 Å². The van der Waals surface area contributed by atoms with Crippen LogP contribution in [0.2, 0.25) is 0 Å². The van der Waals surface area contributed by atoms with Crippen LogP contribution in [-0.4, -0.2) is 34.4 Å². The van der Waals surface area contributed by atoms with Crippen LogP contribution in [0.1, 0.15) is 52.4 Å². The summed E-state index contributed by atoms with van der Waals surface area (Å²) in [4.78, 5) is 11.9. The summed E-state index contributed by atoms with van der Waals surface area (Å²) in [5, 5.41) is 21.9. The number of aliphatic hydroxyl groups is 2. The Hall–Kier alpha value is -0.610. The molecule has 1 saturated carbocycles. The second kappa shape index (κ2) is 6.36. The quantitative estimate of drug-likeness (QED) is 0.679. The lowest BCUT2D eigenvalue weighted by Gasteiger charge is -2.31. The van der Waals surface area contributed by atoms with E-state index in [0.717, 1.165) is 32.1 Å². The van der Waals surface area contributed by atoms with Crippen molar-refractivity contribution in [2.45, 2.75) is 64.0 Å². The lowest BCUT2D eigenvalue weighted by Crippen LogP contribution is -2.49. The lowest BCUT2D eigenvalue weighted by molar-refractivity contribution is -0.139. The molecule has 4 heteroatoms. The van der Waals surface area contributed by atoms with Crippen LogP contribution in [0.4, 0.5) is 0 Å².